The van der Waals surface area contributed by atoms with E-state index < -0.39 is 0 Å². The number of nitrogens with one attached hydrogen (secondary N) is 1. The minimum atomic E-state index is -0.249. The lowest BCUT2D eigenvalue weighted by molar-refractivity contribution is 0.973. The Hall–Kier alpha value is -3.69. The summed E-state index contributed by atoms with van der Waals surface area (Å²) < 4.78 is 1.47. The smallest absolute Gasteiger partial charge is 0.267 e. The summed E-state index contributed by atoms with van der Waals surface area (Å²) in [7, 11) is 0. The highest BCUT2D eigenvalue weighted by atomic mass is 35.5. The van der Waals surface area contributed by atoms with E-state index >= 15 is 0 Å². The van der Waals surface area contributed by atoms with Gasteiger partial charge in [0.15, 0.2) is 0 Å². The van der Waals surface area contributed by atoms with E-state index in [9.17, 15) is 4.79 Å². The molecule has 6 nitrogen and oxygen atoms in total. The van der Waals surface area contributed by atoms with Crippen molar-refractivity contribution in [1.29, 1.82) is 5.26 Å². The van der Waals surface area contributed by atoms with Gasteiger partial charge in [-0.2, -0.15) is 5.26 Å². The van der Waals surface area contributed by atoms with Crippen LogP contribution >= 0.6 is 11.6 Å². The highest BCUT2D eigenvalue weighted by molar-refractivity contribution is 6.31. The fourth-order valence-electron chi connectivity index (χ4n) is 2.76. The molecule has 0 saturated heterocycles. The van der Waals surface area contributed by atoms with Crippen molar-refractivity contribution >= 4 is 34.1 Å². The average Bonchev–Trinajstić information content (AvgIpc) is 2.70. The quantitative estimate of drug-likeness (QED) is 0.585. The van der Waals surface area contributed by atoms with Crippen molar-refractivity contribution in [2.24, 2.45) is 0 Å². The van der Waals surface area contributed by atoms with Crippen LogP contribution in [0.25, 0.3) is 16.6 Å². The Morgan fingerprint density at radius 3 is 2.67 bits per heavy atom. The molecule has 4 aromatic rings. The minimum absolute atomic E-state index is 0.249. The Morgan fingerprint density at radius 2 is 1.89 bits per heavy atom. The zero-order valence-electron chi connectivity index (χ0n) is 13.9. The van der Waals surface area contributed by atoms with Crippen LogP contribution in [0, 0.1) is 11.3 Å². The number of anilines is 2. The molecule has 0 aliphatic carbocycles. The number of nitriles is 1. The number of halogens is 1. The molecular formula is C20H12ClN5O. The lowest BCUT2D eigenvalue weighted by Crippen LogP contribution is -2.22. The summed E-state index contributed by atoms with van der Waals surface area (Å²) in [5.74, 6) is 0.318. The monoisotopic (exact) mass is 373 g/mol. The molecule has 2 aromatic carbocycles. The zero-order chi connectivity index (χ0) is 18.8. The number of para-hydroxylation sites is 1. The van der Waals surface area contributed by atoms with Crippen LogP contribution in [-0.4, -0.2) is 14.5 Å². The molecule has 0 saturated carbocycles. The van der Waals surface area contributed by atoms with Gasteiger partial charge in [-0.1, -0.05) is 29.8 Å². The number of hydrogen-bond acceptors (Lipinski definition) is 5. The van der Waals surface area contributed by atoms with E-state index in [2.05, 4.69) is 15.3 Å². The van der Waals surface area contributed by atoms with E-state index in [0.29, 0.717) is 38.8 Å². The van der Waals surface area contributed by atoms with Gasteiger partial charge in [0.25, 0.3) is 5.56 Å². The summed E-state index contributed by atoms with van der Waals surface area (Å²) in [6.45, 7) is 0. The van der Waals surface area contributed by atoms with Crippen molar-refractivity contribution in [3.05, 3.63) is 87.9 Å². The predicted molar refractivity (Wildman–Crippen MR) is 105 cm³/mol. The number of fused-ring (bicyclic) bond motifs is 1. The van der Waals surface area contributed by atoms with Crippen LogP contribution in [-0.2, 0) is 0 Å². The Kier molecular flexibility index (Phi) is 4.29. The van der Waals surface area contributed by atoms with Crippen molar-refractivity contribution in [1.82, 2.24) is 14.5 Å². The molecule has 0 fully saturated rings. The van der Waals surface area contributed by atoms with Crippen molar-refractivity contribution in [2.75, 3.05) is 5.32 Å². The SMILES string of the molecule is N#Cc1cncc(Nc2nc3ccc(Cl)cc3c(=O)n2-c2ccccc2)c1. The average molecular weight is 374 g/mol. The maximum Gasteiger partial charge on any atom is 0.267 e. The van der Waals surface area contributed by atoms with Crippen LogP contribution in [0.5, 0.6) is 0 Å². The predicted octanol–water partition coefficient (Wildman–Crippen LogP) is 4.05. The molecule has 7 heteroatoms. The highest BCUT2D eigenvalue weighted by Crippen LogP contribution is 2.22. The van der Waals surface area contributed by atoms with Crippen LogP contribution < -0.4 is 10.9 Å². The molecule has 0 aliphatic rings. The van der Waals surface area contributed by atoms with Crippen LogP contribution in [0.3, 0.4) is 0 Å². The third-order valence-electron chi connectivity index (χ3n) is 3.97. The first-order chi connectivity index (χ1) is 13.2. The van der Waals surface area contributed by atoms with Crippen molar-refractivity contribution in [3.8, 4) is 11.8 Å². The van der Waals surface area contributed by atoms with E-state index in [0.717, 1.165) is 0 Å². The van der Waals surface area contributed by atoms with E-state index in [-0.39, 0.29) is 5.56 Å². The van der Waals surface area contributed by atoms with Gasteiger partial charge in [0.05, 0.1) is 34.0 Å². The third kappa shape index (κ3) is 3.24. The second kappa shape index (κ2) is 6.90. The van der Waals surface area contributed by atoms with E-state index in [1.54, 1.807) is 30.5 Å². The molecule has 0 bridgehead atoms. The number of rotatable bonds is 3. The Balaban J connectivity index is 1.96. The molecular weight excluding hydrogens is 362 g/mol. The number of nitrogens with zero attached hydrogens (tertiary/aromatic N) is 4. The standard InChI is InChI=1S/C20H12ClN5O/c21-14-6-7-18-17(9-14)19(27)26(16-4-2-1-3-5-16)20(25-18)24-15-8-13(10-22)11-23-12-15/h1-9,11-12H,(H,24,25). The summed E-state index contributed by atoms with van der Waals surface area (Å²) in [4.78, 5) is 21.8. The molecule has 0 aliphatic heterocycles. The van der Waals surface area contributed by atoms with Gasteiger partial charge in [0.1, 0.15) is 6.07 Å². The topological polar surface area (TPSA) is 83.6 Å². The minimum Gasteiger partial charge on any atom is -0.324 e. The number of pyridine rings is 1. The molecule has 0 unspecified atom stereocenters. The van der Waals surface area contributed by atoms with Crippen LogP contribution in [0.1, 0.15) is 5.56 Å². The summed E-state index contributed by atoms with van der Waals surface area (Å²) in [6, 6.07) is 17.8. The number of hydrogen-bond donors (Lipinski definition) is 1. The fraction of sp³-hybridized carbons (Fsp3) is 0. The van der Waals surface area contributed by atoms with Crippen LogP contribution in [0.2, 0.25) is 5.02 Å². The first kappa shape index (κ1) is 16.8. The maximum atomic E-state index is 13.2. The Labute approximate surface area is 159 Å². The molecule has 1 N–H and O–H groups in total. The van der Waals surface area contributed by atoms with Crippen LogP contribution in [0.4, 0.5) is 11.6 Å². The van der Waals surface area contributed by atoms with Crippen molar-refractivity contribution in [2.45, 2.75) is 0 Å². The van der Waals surface area contributed by atoms with Gasteiger partial charge in [-0.15, -0.1) is 0 Å². The summed E-state index contributed by atoms with van der Waals surface area (Å²) >= 11 is 6.06. The van der Waals surface area contributed by atoms with Gasteiger partial charge in [0, 0.05) is 11.2 Å². The normalized spacial score (nSPS) is 10.5. The lowest BCUT2D eigenvalue weighted by Gasteiger charge is -2.15. The van der Waals surface area contributed by atoms with Gasteiger partial charge in [-0.3, -0.25) is 9.78 Å². The first-order valence-electron chi connectivity index (χ1n) is 8.05. The second-order valence-corrected chi connectivity index (χ2v) is 6.21. The summed E-state index contributed by atoms with van der Waals surface area (Å²) in [5.41, 5.74) is 1.88. The zero-order valence-corrected chi connectivity index (χ0v) is 14.7. The second-order valence-electron chi connectivity index (χ2n) is 5.77. The molecule has 0 spiro atoms. The molecule has 130 valence electrons. The van der Waals surface area contributed by atoms with Crippen molar-refractivity contribution < 1.29 is 0 Å². The van der Waals surface area contributed by atoms with Gasteiger partial charge in [-0.25, -0.2) is 9.55 Å². The Morgan fingerprint density at radius 1 is 1.07 bits per heavy atom. The lowest BCUT2D eigenvalue weighted by atomic mass is 10.2. The van der Waals surface area contributed by atoms with E-state index in [1.807, 2.05) is 36.4 Å². The van der Waals surface area contributed by atoms with Gasteiger partial charge >= 0.3 is 0 Å². The van der Waals surface area contributed by atoms with Gasteiger partial charge in [0.2, 0.25) is 5.95 Å². The molecule has 0 atom stereocenters. The van der Waals surface area contributed by atoms with E-state index in [1.165, 1.54) is 10.8 Å². The first-order valence-corrected chi connectivity index (χ1v) is 8.43. The van der Waals surface area contributed by atoms with Gasteiger partial charge in [-0.05, 0) is 36.4 Å². The number of aromatic nitrogens is 3. The largest absolute Gasteiger partial charge is 0.324 e. The molecule has 0 radical (unpaired) electrons. The molecule has 4 rings (SSSR count). The number of benzene rings is 2. The molecule has 2 aromatic heterocycles. The van der Waals surface area contributed by atoms with Crippen LogP contribution in [0.15, 0.2) is 71.8 Å². The van der Waals surface area contributed by atoms with E-state index in [4.69, 9.17) is 16.9 Å². The molecule has 0 amide bonds. The third-order valence-corrected chi connectivity index (χ3v) is 4.20. The molecule has 27 heavy (non-hydrogen) atoms. The Bertz CT molecular complexity index is 1240. The molecule has 2 heterocycles. The fourth-order valence-corrected chi connectivity index (χ4v) is 2.93. The highest BCUT2D eigenvalue weighted by Gasteiger charge is 2.13. The van der Waals surface area contributed by atoms with Crippen molar-refractivity contribution in [3.63, 3.8) is 0 Å². The summed E-state index contributed by atoms with van der Waals surface area (Å²) in [6.07, 6.45) is 3.03. The van der Waals surface area contributed by atoms with Gasteiger partial charge < -0.3 is 5.32 Å². The summed E-state index contributed by atoms with van der Waals surface area (Å²) in [5, 5.41) is 13.1. The maximum absolute atomic E-state index is 13.2.